The van der Waals surface area contributed by atoms with E-state index in [0.29, 0.717) is 0 Å². The third-order valence-electron chi connectivity index (χ3n) is 2.57. The van der Waals surface area contributed by atoms with Crippen LogP contribution in [0.25, 0.3) is 0 Å². The van der Waals surface area contributed by atoms with Crippen molar-refractivity contribution in [2.75, 3.05) is 5.32 Å². The van der Waals surface area contributed by atoms with E-state index in [1.807, 2.05) is 38.2 Å². The molecule has 0 aliphatic heterocycles. The highest BCUT2D eigenvalue weighted by molar-refractivity contribution is 14.1. The van der Waals surface area contributed by atoms with E-state index in [-0.39, 0.29) is 12.5 Å². The fourth-order valence-electron chi connectivity index (χ4n) is 1.63. The number of rotatable bonds is 3. The smallest absolute Gasteiger partial charge is 0.246 e. The summed E-state index contributed by atoms with van der Waals surface area (Å²) in [6.07, 6.45) is 3.56. The van der Waals surface area contributed by atoms with Crippen molar-refractivity contribution in [3.05, 3.63) is 45.3 Å². The second-order valence-corrected chi connectivity index (χ2v) is 5.47. The van der Waals surface area contributed by atoms with E-state index in [1.165, 1.54) is 0 Å². The average Bonchev–Trinajstić information content (AvgIpc) is 2.69. The van der Waals surface area contributed by atoms with E-state index >= 15 is 0 Å². The molecule has 4 nitrogen and oxygen atoms in total. The van der Waals surface area contributed by atoms with Gasteiger partial charge in [-0.3, -0.25) is 9.48 Å². The fourth-order valence-corrected chi connectivity index (χ4v) is 2.08. The van der Waals surface area contributed by atoms with Crippen molar-refractivity contribution in [1.82, 2.24) is 9.78 Å². The minimum absolute atomic E-state index is 0.0665. The van der Waals surface area contributed by atoms with Gasteiger partial charge in [0.25, 0.3) is 0 Å². The van der Waals surface area contributed by atoms with E-state index < -0.39 is 0 Å². The maximum atomic E-state index is 11.9. The first-order valence-corrected chi connectivity index (χ1v) is 6.67. The fraction of sp³-hybridized carbons (Fsp3) is 0.231. The zero-order valence-electron chi connectivity index (χ0n) is 10.3. The Bertz CT molecular complexity index is 577. The summed E-state index contributed by atoms with van der Waals surface area (Å²) < 4.78 is 2.65. The van der Waals surface area contributed by atoms with Crippen LogP contribution >= 0.6 is 22.6 Å². The highest BCUT2D eigenvalue weighted by atomic mass is 127. The van der Waals surface area contributed by atoms with Crippen LogP contribution < -0.4 is 5.32 Å². The third kappa shape index (κ3) is 3.32. The molecule has 0 unspecified atom stereocenters. The molecule has 94 valence electrons. The molecule has 1 aromatic carbocycles. The number of hydrogen-bond acceptors (Lipinski definition) is 2. The molecule has 5 heteroatoms. The van der Waals surface area contributed by atoms with Crippen molar-refractivity contribution in [1.29, 1.82) is 0 Å². The van der Waals surface area contributed by atoms with Crippen LogP contribution in [0.15, 0.2) is 30.6 Å². The average molecular weight is 355 g/mol. The number of anilines is 1. The van der Waals surface area contributed by atoms with Crippen molar-refractivity contribution in [2.24, 2.45) is 0 Å². The summed E-state index contributed by atoms with van der Waals surface area (Å²) in [5.74, 6) is -0.0665. The van der Waals surface area contributed by atoms with E-state index in [0.717, 1.165) is 20.4 Å². The van der Waals surface area contributed by atoms with Crippen LogP contribution in [0.3, 0.4) is 0 Å². The number of carbonyl (C=O) groups is 1. The largest absolute Gasteiger partial charge is 0.324 e. The summed E-state index contributed by atoms with van der Waals surface area (Å²) in [6.45, 7) is 4.22. The first-order chi connectivity index (χ1) is 8.54. The molecule has 2 aromatic rings. The SMILES string of the molecule is Cc1ccc(C)c(NC(=O)Cn2cc(I)cn2)c1. The van der Waals surface area contributed by atoms with Gasteiger partial charge in [0.1, 0.15) is 6.54 Å². The Morgan fingerprint density at radius 3 is 2.89 bits per heavy atom. The lowest BCUT2D eigenvalue weighted by atomic mass is 10.1. The Morgan fingerprint density at radius 2 is 2.22 bits per heavy atom. The summed E-state index contributed by atoms with van der Waals surface area (Å²) in [5.41, 5.74) is 3.05. The molecule has 1 heterocycles. The number of benzene rings is 1. The lowest BCUT2D eigenvalue weighted by Crippen LogP contribution is -2.19. The van der Waals surface area contributed by atoms with Crippen molar-refractivity contribution >= 4 is 34.2 Å². The first-order valence-electron chi connectivity index (χ1n) is 5.59. The maximum absolute atomic E-state index is 11.9. The summed E-state index contributed by atoms with van der Waals surface area (Å²) in [4.78, 5) is 11.9. The topological polar surface area (TPSA) is 46.9 Å². The summed E-state index contributed by atoms with van der Waals surface area (Å²) in [7, 11) is 0. The second-order valence-electron chi connectivity index (χ2n) is 4.22. The van der Waals surface area contributed by atoms with E-state index in [9.17, 15) is 4.79 Å². The number of amides is 1. The predicted octanol–water partition coefficient (Wildman–Crippen LogP) is 2.74. The Kier molecular flexibility index (Phi) is 4.00. The molecule has 2 rings (SSSR count). The predicted molar refractivity (Wildman–Crippen MR) is 79.5 cm³/mol. The Labute approximate surface area is 120 Å². The van der Waals surface area contributed by atoms with Gasteiger partial charge in [-0.1, -0.05) is 12.1 Å². The van der Waals surface area contributed by atoms with Crippen molar-refractivity contribution in [2.45, 2.75) is 20.4 Å². The van der Waals surface area contributed by atoms with Crippen LogP contribution in [-0.2, 0) is 11.3 Å². The van der Waals surface area contributed by atoms with Gasteiger partial charge in [-0.25, -0.2) is 0 Å². The zero-order valence-corrected chi connectivity index (χ0v) is 12.4. The molecule has 0 bridgehead atoms. The molecule has 0 fully saturated rings. The highest BCUT2D eigenvalue weighted by Crippen LogP contribution is 2.16. The van der Waals surface area contributed by atoms with Gasteiger partial charge in [0.15, 0.2) is 0 Å². The van der Waals surface area contributed by atoms with Crippen LogP contribution in [0, 0.1) is 17.4 Å². The Morgan fingerprint density at radius 1 is 1.44 bits per heavy atom. The van der Waals surface area contributed by atoms with Crippen LogP contribution in [0.2, 0.25) is 0 Å². The molecule has 18 heavy (non-hydrogen) atoms. The van der Waals surface area contributed by atoms with Crippen LogP contribution in [0.1, 0.15) is 11.1 Å². The van der Waals surface area contributed by atoms with E-state index in [2.05, 4.69) is 33.0 Å². The monoisotopic (exact) mass is 355 g/mol. The standard InChI is InChI=1S/C13H14IN3O/c1-9-3-4-10(2)12(5-9)16-13(18)8-17-7-11(14)6-15-17/h3-7H,8H2,1-2H3,(H,16,18). The maximum Gasteiger partial charge on any atom is 0.246 e. The molecule has 1 amide bonds. The number of nitrogens with zero attached hydrogens (tertiary/aromatic N) is 2. The molecule has 1 aromatic heterocycles. The van der Waals surface area contributed by atoms with Crippen LogP contribution in [0.4, 0.5) is 5.69 Å². The minimum atomic E-state index is -0.0665. The quantitative estimate of drug-likeness (QED) is 0.861. The summed E-state index contributed by atoms with van der Waals surface area (Å²) in [6, 6.07) is 6.00. The first kappa shape index (κ1) is 13.1. The van der Waals surface area contributed by atoms with Gasteiger partial charge >= 0.3 is 0 Å². The molecule has 0 aliphatic rings. The van der Waals surface area contributed by atoms with Crippen LogP contribution in [-0.4, -0.2) is 15.7 Å². The molecule has 0 saturated carbocycles. The van der Waals surface area contributed by atoms with Crippen molar-refractivity contribution in [3.8, 4) is 0 Å². The molecule has 1 N–H and O–H groups in total. The van der Waals surface area contributed by atoms with Gasteiger partial charge in [-0.15, -0.1) is 0 Å². The van der Waals surface area contributed by atoms with E-state index in [1.54, 1.807) is 10.9 Å². The van der Waals surface area contributed by atoms with Crippen LogP contribution in [0.5, 0.6) is 0 Å². The molecular weight excluding hydrogens is 341 g/mol. The number of aryl methyl sites for hydroxylation is 2. The molecule has 0 atom stereocenters. The van der Waals surface area contributed by atoms with Gasteiger partial charge in [0, 0.05) is 11.9 Å². The molecule has 0 saturated heterocycles. The number of carbonyl (C=O) groups excluding carboxylic acids is 1. The molecule has 0 radical (unpaired) electrons. The van der Waals surface area contributed by atoms with Crippen molar-refractivity contribution in [3.63, 3.8) is 0 Å². The van der Waals surface area contributed by atoms with Gasteiger partial charge in [-0.2, -0.15) is 5.10 Å². The minimum Gasteiger partial charge on any atom is -0.324 e. The molecular formula is C13H14IN3O. The lowest BCUT2D eigenvalue weighted by molar-refractivity contribution is -0.116. The summed E-state index contributed by atoms with van der Waals surface area (Å²) >= 11 is 2.17. The summed E-state index contributed by atoms with van der Waals surface area (Å²) in [5, 5.41) is 6.99. The van der Waals surface area contributed by atoms with Gasteiger partial charge < -0.3 is 5.32 Å². The number of aromatic nitrogens is 2. The Balaban J connectivity index is 2.05. The zero-order chi connectivity index (χ0) is 13.1. The lowest BCUT2D eigenvalue weighted by Gasteiger charge is -2.09. The third-order valence-corrected chi connectivity index (χ3v) is 3.13. The number of halogens is 1. The number of hydrogen-bond donors (Lipinski definition) is 1. The van der Waals surface area contributed by atoms with Gasteiger partial charge in [0.05, 0.1) is 9.77 Å². The van der Waals surface area contributed by atoms with Gasteiger partial charge in [0.2, 0.25) is 5.91 Å². The Hall–Kier alpha value is -1.37. The highest BCUT2D eigenvalue weighted by Gasteiger charge is 2.06. The molecule has 0 aliphatic carbocycles. The van der Waals surface area contributed by atoms with Crippen molar-refractivity contribution < 1.29 is 4.79 Å². The van der Waals surface area contributed by atoms with E-state index in [4.69, 9.17) is 0 Å². The normalized spacial score (nSPS) is 10.4. The molecule has 0 spiro atoms. The second kappa shape index (κ2) is 5.51. The van der Waals surface area contributed by atoms with Gasteiger partial charge in [-0.05, 0) is 53.6 Å². The number of nitrogens with one attached hydrogen (secondary N) is 1.